The molecule has 0 aromatic heterocycles. The number of methoxy groups -OCH3 is 1. The lowest BCUT2D eigenvalue weighted by molar-refractivity contribution is 0.0136. The third kappa shape index (κ3) is 4.77. The second-order valence-electron chi connectivity index (χ2n) is 3.21. The van der Waals surface area contributed by atoms with E-state index in [1.54, 1.807) is 7.11 Å². The summed E-state index contributed by atoms with van der Waals surface area (Å²) in [6.45, 7) is 4.99. The Labute approximate surface area is 63.7 Å². The van der Waals surface area contributed by atoms with Crippen molar-refractivity contribution < 1.29 is 4.74 Å². The van der Waals surface area contributed by atoms with E-state index in [4.69, 9.17) is 10.5 Å². The Morgan fingerprint density at radius 3 is 2.30 bits per heavy atom. The van der Waals surface area contributed by atoms with Crippen LogP contribution < -0.4 is 5.73 Å². The molecule has 0 aliphatic heterocycles. The number of nitrogens with two attached hydrogens (primary N) is 1. The molecule has 10 heavy (non-hydrogen) atoms. The molecule has 0 radical (unpaired) electrons. The summed E-state index contributed by atoms with van der Waals surface area (Å²) < 4.78 is 5.24. The monoisotopic (exact) mass is 145 g/mol. The summed E-state index contributed by atoms with van der Waals surface area (Å²) in [5.74, 6) is 0. The summed E-state index contributed by atoms with van der Waals surface area (Å²) in [6, 6.07) is 0. The topological polar surface area (TPSA) is 35.2 Å². The number of unbranched alkanes of at least 4 members (excludes halogenated alkanes) is 1. The summed E-state index contributed by atoms with van der Waals surface area (Å²) in [7, 11) is 1.75. The molecular weight excluding hydrogens is 126 g/mol. The van der Waals surface area contributed by atoms with Crippen molar-refractivity contribution >= 4 is 0 Å². The third-order valence-corrected chi connectivity index (χ3v) is 1.79. The van der Waals surface area contributed by atoms with Gasteiger partial charge < -0.3 is 10.5 Å². The van der Waals surface area contributed by atoms with Gasteiger partial charge in [0.2, 0.25) is 0 Å². The van der Waals surface area contributed by atoms with Gasteiger partial charge in [0.05, 0.1) is 5.60 Å². The Morgan fingerprint density at radius 2 is 1.90 bits per heavy atom. The van der Waals surface area contributed by atoms with Crippen LogP contribution in [0.2, 0.25) is 0 Å². The third-order valence-electron chi connectivity index (χ3n) is 1.79. The van der Waals surface area contributed by atoms with Crippen LogP contribution in [0, 0.1) is 0 Å². The lowest BCUT2D eigenvalue weighted by Gasteiger charge is -2.22. The minimum absolute atomic E-state index is 0.0369. The molecule has 0 spiro atoms. The minimum atomic E-state index is 0.0369. The maximum absolute atomic E-state index is 5.36. The predicted molar refractivity (Wildman–Crippen MR) is 44.0 cm³/mol. The zero-order valence-corrected chi connectivity index (χ0v) is 7.31. The van der Waals surface area contributed by atoms with E-state index in [0.717, 1.165) is 25.8 Å². The molecule has 2 nitrogen and oxygen atoms in total. The fourth-order valence-corrected chi connectivity index (χ4v) is 0.797. The molecule has 0 amide bonds. The van der Waals surface area contributed by atoms with Crippen LogP contribution in [0.5, 0.6) is 0 Å². The first-order valence-electron chi connectivity index (χ1n) is 3.87. The maximum atomic E-state index is 5.36. The average molecular weight is 145 g/mol. The van der Waals surface area contributed by atoms with Gasteiger partial charge in [0.1, 0.15) is 0 Å². The van der Waals surface area contributed by atoms with E-state index < -0.39 is 0 Å². The van der Waals surface area contributed by atoms with E-state index in [-0.39, 0.29) is 5.60 Å². The average Bonchev–Trinajstić information content (AvgIpc) is 1.89. The van der Waals surface area contributed by atoms with Gasteiger partial charge in [-0.2, -0.15) is 0 Å². The Morgan fingerprint density at radius 1 is 1.30 bits per heavy atom. The molecule has 0 saturated carbocycles. The number of hydrogen-bond acceptors (Lipinski definition) is 2. The highest BCUT2D eigenvalue weighted by Gasteiger charge is 2.14. The van der Waals surface area contributed by atoms with Gasteiger partial charge in [-0.05, 0) is 39.7 Å². The van der Waals surface area contributed by atoms with E-state index >= 15 is 0 Å². The molecule has 62 valence electrons. The molecule has 0 aromatic carbocycles. The van der Waals surface area contributed by atoms with Crippen LogP contribution in [0.4, 0.5) is 0 Å². The van der Waals surface area contributed by atoms with E-state index in [0.29, 0.717) is 0 Å². The van der Waals surface area contributed by atoms with Crippen molar-refractivity contribution in [1.82, 2.24) is 0 Å². The van der Waals surface area contributed by atoms with E-state index in [2.05, 4.69) is 13.8 Å². The van der Waals surface area contributed by atoms with Crippen molar-refractivity contribution in [3.8, 4) is 0 Å². The van der Waals surface area contributed by atoms with Crippen LogP contribution in [-0.4, -0.2) is 19.3 Å². The highest BCUT2D eigenvalue weighted by Crippen LogP contribution is 2.15. The Kier molecular flexibility index (Phi) is 4.65. The molecule has 0 aromatic rings. The van der Waals surface area contributed by atoms with E-state index in [9.17, 15) is 0 Å². The van der Waals surface area contributed by atoms with Gasteiger partial charge in [-0.3, -0.25) is 0 Å². The molecule has 0 fully saturated rings. The lowest BCUT2D eigenvalue weighted by Crippen LogP contribution is -2.22. The number of hydrogen-bond donors (Lipinski definition) is 1. The first-order valence-corrected chi connectivity index (χ1v) is 3.87. The lowest BCUT2D eigenvalue weighted by atomic mass is 10.0. The smallest absolute Gasteiger partial charge is 0.0622 e. The van der Waals surface area contributed by atoms with Crippen molar-refractivity contribution in [3.63, 3.8) is 0 Å². The summed E-state index contributed by atoms with van der Waals surface area (Å²) >= 11 is 0. The molecule has 0 rings (SSSR count). The zero-order valence-electron chi connectivity index (χ0n) is 7.31. The van der Waals surface area contributed by atoms with Gasteiger partial charge in [0.25, 0.3) is 0 Å². The minimum Gasteiger partial charge on any atom is -0.379 e. The van der Waals surface area contributed by atoms with Gasteiger partial charge in [0.15, 0.2) is 0 Å². The van der Waals surface area contributed by atoms with Crippen LogP contribution in [0.1, 0.15) is 33.1 Å². The fourth-order valence-electron chi connectivity index (χ4n) is 0.797. The van der Waals surface area contributed by atoms with Gasteiger partial charge in [0, 0.05) is 7.11 Å². The molecule has 2 heteroatoms. The first kappa shape index (κ1) is 9.92. The van der Waals surface area contributed by atoms with Crippen molar-refractivity contribution in [2.75, 3.05) is 13.7 Å². The van der Waals surface area contributed by atoms with Gasteiger partial charge in [-0.25, -0.2) is 0 Å². The Bertz CT molecular complexity index is 81.3. The highest BCUT2D eigenvalue weighted by atomic mass is 16.5. The van der Waals surface area contributed by atoms with Crippen molar-refractivity contribution in [2.24, 2.45) is 5.73 Å². The van der Waals surface area contributed by atoms with Gasteiger partial charge >= 0.3 is 0 Å². The normalized spacial score (nSPS) is 12.0. The standard InChI is InChI=1S/C8H19NO/c1-8(2,10-3)6-4-5-7-9/h4-7,9H2,1-3H3. The van der Waals surface area contributed by atoms with Gasteiger partial charge in [-0.15, -0.1) is 0 Å². The molecule has 0 aliphatic rings. The van der Waals surface area contributed by atoms with E-state index in [1.807, 2.05) is 0 Å². The predicted octanol–water partition coefficient (Wildman–Crippen LogP) is 1.54. The largest absolute Gasteiger partial charge is 0.379 e. The maximum Gasteiger partial charge on any atom is 0.0622 e. The van der Waals surface area contributed by atoms with Crippen LogP contribution in [0.3, 0.4) is 0 Å². The molecule has 0 aliphatic carbocycles. The second-order valence-corrected chi connectivity index (χ2v) is 3.21. The van der Waals surface area contributed by atoms with Crippen molar-refractivity contribution in [3.05, 3.63) is 0 Å². The SMILES string of the molecule is COC(C)(C)CCCCN. The molecule has 0 unspecified atom stereocenters. The molecular formula is C8H19NO. The van der Waals surface area contributed by atoms with Crippen LogP contribution >= 0.6 is 0 Å². The number of rotatable bonds is 5. The highest BCUT2D eigenvalue weighted by molar-refractivity contribution is 4.66. The first-order chi connectivity index (χ1) is 4.62. The van der Waals surface area contributed by atoms with E-state index in [1.165, 1.54) is 0 Å². The molecule has 0 bridgehead atoms. The Balaban J connectivity index is 3.28. The van der Waals surface area contributed by atoms with Crippen molar-refractivity contribution in [1.29, 1.82) is 0 Å². The zero-order chi connectivity index (χ0) is 8.04. The van der Waals surface area contributed by atoms with Crippen LogP contribution in [-0.2, 0) is 4.74 Å². The van der Waals surface area contributed by atoms with Crippen molar-refractivity contribution in [2.45, 2.75) is 38.7 Å². The number of ether oxygens (including phenoxy) is 1. The quantitative estimate of drug-likeness (QED) is 0.595. The molecule has 0 saturated heterocycles. The molecule has 0 atom stereocenters. The van der Waals surface area contributed by atoms with Crippen LogP contribution in [0.25, 0.3) is 0 Å². The Hall–Kier alpha value is -0.0800. The molecule has 0 heterocycles. The summed E-state index contributed by atoms with van der Waals surface area (Å²) in [5.41, 5.74) is 5.40. The molecule has 2 N–H and O–H groups in total. The summed E-state index contributed by atoms with van der Waals surface area (Å²) in [4.78, 5) is 0. The van der Waals surface area contributed by atoms with Gasteiger partial charge in [-0.1, -0.05) is 0 Å². The second kappa shape index (κ2) is 4.69. The summed E-state index contributed by atoms with van der Waals surface area (Å²) in [6.07, 6.45) is 3.37. The fraction of sp³-hybridized carbons (Fsp3) is 1.00. The van der Waals surface area contributed by atoms with Crippen LogP contribution in [0.15, 0.2) is 0 Å². The summed E-state index contributed by atoms with van der Waals surface area (Å²) in [5, 5.41) is 0.